The van der Waals surface area contributed by atoms with Crippen molar-refractivity contribution in [1.29, 1.82) is 0 Å². The van der Waals surface area contributed by atoms with E-state index in [1.807, 2.05) is 0 Å². The van der Waals surface area contributed by atoms with Gasteiger partial charge in [-0.15, -0.1) is 0 Å². The monoisotopic (exact) mass is 366 g/mol. The van der Waals surface area contributed by atoms with Gasteiger partial charge in [-0.05, 0) is 22.7 Å². The maximum atomic E-state index is 10.3. The molecule has 3 aromatic rings. The molecule has 0 saturated carbocycles. The fraction of sp³-hybridized carbons (Fsp3) is 0. The Labute approximate surface area is 167 Å². The van der Waals surface area contributed by atoms with Gasteiger partial charge in [0.25, 0.3) is 0 Å². The second kappa shape index (κ2) is 10.8. The minimum atomic E-state index is -4.25. The van der Waals surface area contributed by atoms with E-state index in [1.54, 1.807) is 6.07 Å². The molecule has 0 aromatic heterocycles. The van der Waals surface area contributed by atoms with Crippen molar-refractivity contribution in [3.8, 4) is 0 Å². The summed E-state index contributed by atoms with van der Waals surface area (Å²) in [7, 11) is -3.48. The van der Waals surface area contributed by atoms with Crippen molar-refractivity contribution < 1.29 is 42.5 Å². The van der Waals surface area contributed by atoms with E-state index < -0.39 is 10.1 Å². The molecule has 0 aliphatic heterocycles. The van der Waals surface area contributed by atoms with Gasteiger partial charge in [0.2, 0.25) is 0 Å². The Morgan fingerprint density at radius 3 is 1.25 bits per heavy atom. The third kappa shape index (κ3) is 7.71. The van der Waals surface area contributed by atoms with E-state index in [9.17, 15) is 13.0 Å². The van der Waals surface area contributed by atoms with Crippen LogP contribution in [0, 0.1) is 0 Å². The zero-order valence-electron chi connectivity index (χ0n) is 13.3. The van der Waals surface area contributed by atoms with Crippen LogP contribution < -0.4 is 40.2 Å². The van der Waals surface area contributed by atoms with Gasteiger partial charge >= 0.3 is 29.6 Å². The second-order valence-corrected chi connectivity index (χ2v) is 7.41. The SMILES string of the molecule is O=S(=O)([O-])c1ccccc1.[Na+].c1ccc(Pc2ccccc2)cc1. The molecule has 0 saturated heterocycles. The van der Waals surface area contributed by atoms with Crippen LogP contribution in [0.15, 0.2) is 95.9 Å². The zero-order chi connectivity index (χ0) is 16.5. The summed E-state index contributed by atoms with van der Waals surface area (Å²) in [5.74, 6) is 0. The van der Waals surface area contributed by atoms with Crippen LogP contribution in [0.2, 0.25) is 0 Å². The Morgan fingerprint density at radius 1 is 0.625 bits per heavy atom. The molecule has 0 spiro atoms. The van der Waals surface area contributed by atoms with E-state index in [4.69, 9.17) is 0 Å². The normalized spacial score (nSPS) is 10.0. The first-order chi connectivity index (χ1) is 11.1. The minimum Gasteiger partial charge on any atom is -0.744 e. The predicted octanol–water partition coefficient (Wildman–Crippen LogP) is -0.0894. The van der Waals surface area contributed by atoms with Crippen LogP contribution in [0.5, 0.6) is 0 Å². The summed E-state index contributed by atoms with van der Waals surface area (Å²) in [4.78, 5) is -0.185. The molecule has 0 amide bonds. The Hall–Kier alpha value is -1.00. The summed E-state index contributed by atoms with van der Waals surface area (Å²) in [6.07, 6.45) is 0. The molecule has 118 valence electrons. The summed E-state index contributed by atoms with van der Waals surface area (Å²) in [6.45, 7) is 0. The van der Waals surface area contributed by atoms with Gasteiger partial charge in [-0.2, -0.15) is 0 Å². The molecule has 0 N–H and O–H groups in total. The molecule has 0 heterocycles. The van der Waals surface area contributed by atoms with E-state index >= 15 is 0 Å². The minimum absolute atomic E-state index is 0. The third-order valence-corrected chi connectivity index (χ3v) is 4.96. The first kappa shape index (κ1) is 21.0. The molecule has 3 aromatic carbocycles. The number of benzene rings is 3. The van der Waals surface area contributed by atoms with E-state index in [-0.39, 0.29) is 34.5 Å². The molecule has 0 atom stereocenters. The maximum absolute atomic E-state index is 10.3. The van der Waals surface area contributed by atoms with Gasteiger partial charge in [0.15, 0.2) is 0 Å². The second-order valence-electron chi connectivity index (χ2n) is 4.62. The number of hydrogen-bond acceptors (Lipinski definition) is 3. The van der Waals surface area contributed by atoms with Crippen LogP contribution in [0.4, 0.5) is 0 Å². The van der Waals surface area contributed by atoms with Gasteiger partial charge in [-0.1, -0.05) is 87.4 Å². The Balaban J connectivity index is 0.000000238. The molecule has 0 aliphatic carbocycles. The molecule has 6 heteroatoms. The fourth-order valence-electron chi connectivity index (χ4n) is 1.80. The fourth-order valence-corrected chi connectivity index (χ4v) is 3.34. The molecule has 0 bridgehead atoms. The van der Waals surface area contributed by atoms with Gasteiger partial charge in [-0.25, -0.2) is 8.42 Å². The van der Waals surface area contributed by atoms with Crippen molar-refractivity contribution in [2.24, 2.45) is 0 Å². The quantitative estimate of drug-likeness (QED) is 0.370. The zero-order valence-corrected chi connectivity index (χ0v) is 17.1. The average Bonchev–Trinajstić information content (AvgIpc) is 2.57. The van der Waals surface area contributed by atoms with Gasteiger partial charge in [0, 0.05) is 0 Å². The van der Waals surface area contributed by atoms with Crippen LogP contribution in [0.3, 0.4) is 0 Å². The number of rotatable bonds is 3. The van der Waals surface area contributed by atoms with E-state index in [0.717, 1.165) is 8.58 Å². The average molecular weight is 366 g/mol. The molecule has 3 nitrogen and oxygen atoms in total. The van der Waals surface area contributed by atoms with Crippen LogP contribution in [-0.2, 0) is 10.1 Å². The van der Waals surface area contributed by atoms with E-state index in [2.05, 4.69) is 60.7 Å². The first-order valence-corrected chi connectivity index (χ1v) is 9.34. The summed E-state index contributed by atoms with van der Waals surface area (Å²) in [5.41, 5.74) is 0. The standard InChI is InChI=1S/C12H11P.C6H6O3S.Na/c1-3-7-11(8-4-1)13-12-9-5-2-6-10-12;7-10(8,9)6-4-2-1-3-5-6;/h1-10,13H;1-5H,(H,7,8,9);/q;;+1/p-1. The van der Waals surface area contributed by atoms with Crippen molar-refractivity contribution in [3.63, 3.8) is 0 Å². The van der Waals surface area contributed by atoms with Crippen molar-refractivity contribution in [2.75, 3.05) is 0 Å². The summed E-state index contributed by atoms with van der Waals surface area (Å²) in [6, 6.07) is 28.3. The maximum Gasteiger partial charge on any atom is 1.00 e. The molecule has 0 radical (unpaired) electrons. The Morgan fingerprint density at radius 2 is 0.958 bits per heavy atom. The first-order valence-electron chi connectivity index (χ1n) is 6.94. The third-order valence-electron chi connectivity index (χ3n) is 2.87. The summed E-state index contributed by atoms with van der Waals surface area (Å²) < 4.78 is 30.8. The Bertz CT molecular complexity index is 773. The van der Waals surface area contributed by atoms with Crippen molar-refractivity contribution >= 4 is 29.3 Å². The van der Waals surface area contributed by atoms with Gasteiger partial charge in [0.1, 0.15) is 10.1 Å². The molecule has 24 heavy (non-hydrogen) atoms. The molecule has 0 fully saturated rings. The van der Waals surface area contributed by atoms with Crippen molar-refractivity contribution in [1.82, 2.24) is 0 Å². The molecular formula is C18H16NaO3PS. The van der Waals surface area contributed by atoms with Gasteiger partial charge < -0.3 is 4.55 Å². The smallest absolute Gasteiger partial charge is 0.744 e. The predicted molar refractivity (Wildman–Crippen MR) is 94.9 cm³/mol. The topological polar surface area (TPSA) is 57.2 Å². The van der Waals surface area contributed by atoms with Crippen LogP contribution in [0.25, 0.3) is 0 Å². The van der Waals surface area contributed by atoms with Crippen LogP contribution in [-0.4, -0.2) is 13.0 Å². The van der Waals surface area contributed by atoms with E-state index in [0.29, 0.717) is 0 Å². The Kier molecular flexibility index (Phi) is 9.45. The van der Waals surface area contributed by atoms with Crippen molar-refractivity contribution in [3.05, 3.63) is 91.0 Å². The van der Waals surface area contributed by atoms with E-state index in [1.165, 1.54) is 34.9 Å². The molecule has 0 aliphatic rings. The number of hydrogen-bond donors (Lipinski definition) is 0. The van der Waals surface area contributed by atoms with Crippen LogP contribution in [0.1, 0.15) is 0 Å². The van der Waals surface area contributed by atoms with Gasteiger partial charge in [-0.3, -0.25) is 0 Å². The summed E-state index contributed by atoms with van der Waals surface area (Å²) >= 11 is 0. The summed E-state index contributed by atoms with van der Waals surface area (Å²) in [5, 5.41) is 2.79. The van der Waals surface area contributed by atoms with Crippen LogP contribution >= 0.6 is 8.58 Å². The largest absolute Gasteiger partial charge is 1.00 e. The van der Waals surface area contributed by atoms with Crippen molar-refractivity contribution in [2.45, 2.75) is 4.90 Å². The van der Waals surface area contributed by atoms with Gasteiger partial charge in [0.05, 0.1) is 4.90 Å². The molecule has 3 rings (SSSR count). The molecule has 0 unspecified atom stereocenters. The molecular weight excluding hydrogens is 350 g/mol.